The quantitative estimate of drug-likeness (QED) is 0.184. The van der Waals surface area contributed by atoms with E-state index in [9.17, 15) is 14.9 Å². The third-order valence-electron chi connectivity index (χ3n) is 7.05. The van der Waals surface area contributed by atoms with Gasteiger partial charge in [0.05, 0.1) is 24.7 Å². The van der Waals surface area contributed by atoms with E-state index >= 15 is 0 Å². The van der Waals surface area contributed by atoms with Crippen molar-refractivity contribution in [1.82, 2.24) is 5.32 Å². The van der Waals surface area contributed by atoms with Crippen molar-refractivity contribution in [1.29, 1.82) is 0 Å². The maximum absolute atomic E-state index is 13.2. The average Bonchev–Trinajstić information content (AvgIpc) is 3.01. The zero-order valence-electron chi connectivity index (χ0n) is 22.9. The Balaban J connectivity index is 1.36. The monoisotopic (exact) mass is 553 g/mol. The number of nitro groups is 1. The van der Waals surface area contributed by atoms with E-state index in [0.717, 1.165) is 37.2 Å². The maximum Gasteiger partial charge on any atom is 0.279 e. The molecule has 0 saturated carbocycles. The molecule has 1 saturated heterocycles. The van der Waals surface area contributed by atoms with Crippen LogP contribution in [0.5, 0.6) is 17.2 Å². The minimum absolute atomic E-state index is 0.110. The Morgan fingerprint density at radius 1 is 0.854 bits per heavy atom. The molecule has 1 amide bonds. The van der Waals surface area contributed by atoms with E-state index in [-0.39, 0.29) is 11.8 Å². The lowest BCUT2D eigenvalue weighted by atomic mass is 10.0. The molecule has 0 spiro atoms. The number of benzene rings is 4. The lowest BCUT2D eigenvalue weighted by Gasteiger charge is -2.23. The van der Waals surface area contributed by atoms with Crippen LogP contribution in [0.1, 0.15) is 23.2 Å². The summed E-state index contributed by atoms with van der Waals surface area (Å²) in [5.41, 5.74) is 3.25. The van der Waals surface area contributed by atoms with Crippen LogP contribution in [-0.2, 0) is 0 Å². The molecule has 0 unspecified atom stereocenters. The number of hydrogen-bond donors (Lipinski definition) is 2. The van der Waals surface area contributed by atoms with Gasteiger partial charge in [0.25, 0.3) is 11.6 Å². The molecule has 0 radical (unpaired) electrons. The summed E-state index contributed by atoms with van der Waals surface area (Å²) in [6, 6.07) is 24.5. The number of hydrogen-bond acceptors (Lipinski definition) is 7. The molecule has 0 bridgehead atoms. The van der Waals surface area contributed by atoms with Gasteiger partial charge in [0, 0.05) is 22.9 Å². The summed E-state index contributed by atoms with van der Waals surface area (Å²) in [4.78, 5) is 24.7. The number of carbonyl (C=O) groups excluding carboxylic acids is 1. The van der Waals surface area contributed by atoms with Crippen molar-refractivity contribution in [3.8, 4) is 39.5 Å². The van der Waals surface area contributed by atoms with Crippen LogP contribution in [0.3, 0.4) is 0 Å². The summed E-state index contributed by atoms with van der Waals surface area (Å²) < 4.78 is 16.9. The second-order valence-corrected chi connectivity index (χ2v) is 9.68. The van der Waals surface area contributed by atoms with E-state index < -0.39 is 10.8 Å². The Bertz CT molecular complexity index is 1550. The number of nitrogens with zero attached hydrogens (tertiary/aromatic N) is 1. The van der Waals surface area contributed by atoms with Crippen molar-refractivity contribution >= 4 is 17.3 Å². The van der Waals surface area contributed by atoms with Crippen LogP contribution in [0.2, 0.25) is 0 Å². The van der Waals surface area contributed by atoms with E-state index in [1.165, 1.54) is 6.07 Å². The summed E-state index contributed by atoms with van der Waals surface area (Å²) in [5, 5.41) is 18.1. The highest BCUT2D eigenvalue weighted by atomic mass is 16.6. The zero-order valence-corrected chi connectivity index (χ0v) is 22.9. The Hall–Kier alpha value is -4.89. The molecule has 0 aliphatic carbocycles. The maximum atomic E-state index is 13.2. The average molecular weight is 554 g/mol. The summed E-state index contributed by atoms with van der Waals surface area (Å²) in [6.07, 6.45) is 2.05. The van der Waals surface area contributed by atoms with Crippen molar-refractivity contribution < 1.29 is 23.9 Å². The molecular formula is C32H31N3O6. The first-order valence-electron chi connectivity index (χ1n) is 13.3. The zero-order chi connectivity index (χ0) is 28.8. The summed E-state index contributed by atoms with van der Waals surface area (Å²) in [7, 11) is 3.15. The van der Waals surface area contributed by atoms with Gasteiger partial charge in [0.1, 0.15) is 23.4 Å². The van der Waals surface area contributed by atoms with Crippen molar-refractivity contribution in [2.24, 2.45) is 0 Å². The van der Waals surface area contributed by atoms with Gasteiger partial charge >= 0.3 is 0 Å². The molecule has 1 fully saturated rings. The van der Waals surface area contributed by atoms with Gasteiger partial charge in [0.15, 0.2) is 0 Å². The number of methoxy groups -OCH3 is 2. The van der Waals surface area contributed by atoms with E-state index in [0.29, 0.717) is 39.4 Å². The van der Waals surface area contributed by atoms with Crippen molar-refractivity contribution in [2.45, 2.75) is 18.9 Å². The minimum atomic E-state index is -0.446. The standard InChI is InChI=1S/C32H31N3O6/c1-39-27-5-3-4-22(18-27)29-19-23(8-13-31(29)40-2)32(36)34-24-9-12-28(30(20-24)35(37)38)21-6-10-25(11-7-21)41-26-14-16-33-17-15-26/h3-13,18-20,26,33H,14-17H2,1-2H3,(H,34,36). The number of amides is 1. The number of carbonyl (C=O) groups is 1. The Morgan fingerprint density at radius 2 is 1.63 bits per heavy atom. The van der Waals surface area contributed by atoms with Crippen molar-refractivity contribution in [3.05, 3.63) is 101 Å². The first-order valence-corrected chi connectivity index (χ1v) is 13.3. The van der Waals surface area contributed by atoms with Crippen LogP contribution >= 0.6 is 0 Å². The van der Waals surface area contributed by atoms with Crippen molar-refractivity contribution in [3.63, 3.8) is 0 Å². The molecule has 210 valence electrons. The predicted molar refractivity (Wildman–Crippen MR) is 158 cm³/mol. The molecule has 1 heterocycles. The van der Waals surface area contributed by atoms with Crippen LogP contribution in [0.25, 0.3) is 22.3 Å². The fraction of sp³-hybridized carbons (Fsp3) is 0.219. The van der Waals surface area contributed by atoms with Gasteiger partial charge in [0.2, 0.25) is 0 Å². The van der Waals surface area contributed by atoms with E-state index in [4.69, 9.17) is 14.2 Å². The molecule has 1 aliphatic rings. The van der Waals surface area contributed by atoms with Gasteiger partial charge in [-0.2, -0.15) is 0 Å². The molecule has 9 nitrogen and oxygen atoms in total. The number of ether oxygens (including phenoxy) is 3. The molecule has 4 aromatic rings. The lowest BCUT2D eigenvalue weighted by molar-refractivity contribution is -0.384. The topological polar surface area (TPSA) is 112 Å². The first kappa shape index (κ1) is 27.7. The third-order valence-corrected chi connectivity index (χ3v) is 7.05. The van der Waals surface area contributed by atoms with Gasteiger partial charge < -0.3 is 24.8 Å². The Kier molecular flexibility index (Phi) is 8.45. The number of piperidine rings is 1. The highest BCUT2D eigenvalue weighted by molar-refractivity contribution is 6.05. The summed E-state index contributed by atoms with van der Waals surface area (Å²) >= 11 is 0. The third kappa shape index (κ3) is 6.47. The summed E-state index contributed by atoms with van der Waals surface area (Å²) in [5.74, 6) is 1.61. The second kappa shape index (κ2) is 12.5. The molecule has 5 rings (SSSR count). The molecule has 0 atom stereocenters. The Labute approximate surface area is 238 Å². The highest BCUT2D eigenvalue weighted by Crippen LogP contribution is 2.35. The molecular weight excluding hydrogens is 522 g/mol. The van der Waals surface area contributed by atoms with E-state index in [1.807, 2.05) is 48.5 Å². The van der Waals surface area contributed by atoms with E-state index in [2.05, 4.69) is 10.6 Å². The summed E-state index contributed by atoms with van der Waals surface area (Å²) in [6.45, 7) is 1.86. The van der Waals surface area contributed by atoms with Gasteiger partial charge in [-0.05, 0) is 91.7 Å². The minimum Gasteiger partial charge on any atom is -0.497 e. The number of rotatable bonds is 9. The van der Waals surface area contributed by atoms with Crippen LogP contribution in [-0.4, -0.2) is 44.2 Å². The Morgan fingerprint density at radius 3 is 2.34 bits per heavy atom. The fourth-order valence-corrected chi connectivity index (χ4v) is 4.89. The molecule has 4 aromatic carbocycles. The fourth-order valence-electron chi connectivity index (χ4n) is 4.89. The van der Waals surface area contributed by atoms with Crippen molar-refractivity contribution in [2.75, 3.05) is 32.6 Å². The largest absolute Gasteiger partial charge is 0.497 e. The first-order chi connectivity index (χ1) is 19.9. The highest BCUT2D eigenvalue weighted by Gasteiger charge is 2.19. The smallest absolute Gasteiger partial charge is 0.279 e. The molecule has 2 N–H and O–H groups in total. The molecule has 41 heavy (non-hydrogen) atoms. The van der Waals surface area contributed by atoms with Crippen LogP contribution in [0, 0.1) is 10.1 Å². The number of nitro benzene ring substituents is 1. The van der Waals surface area contributed by atoms with Crippen LogP contribution < -0.4 is 24.8 Å². The van der Waals surface area contributed by atoms with Gasteiger partial charge in [-0.1, -0.05) is 24.3 Å². The van der Waals surface area contributed by atoms with Gasteiger partial charge in [-0.3, -0.25) is 14.9 Å². The number of nitrogens with one attached hydrogen (secondary N) is 2. The predicted octanol–water partition coefficient (Wildman–Crippen LogP) is 6.33. The lowest BCUT2D eigenvalue weighted by Crippen LogP contribution is -2.34. The number of anilines is 1. The van der Waals surface area contributed by atoms with E-state index in [1.54, 1.807) is 44.6 Å². The van der Waals surface area contributed by atoms with Gasteiger partial charge in [-0.15, -0.1) is 0 Å². The van der Waals surface area contributed by atoms with Gasteiger partial charge in [-0.25, -0.2) is 0 Å². The molecule has 0 aromatic heterocycles. The normalized spacial score (nSPS) is 13.3. The van der Waals surface area contributed by atoms with Crippen LogP contribution in [0.15, 0.2) is 84.9 Å². The molecule has 9 heteroatoms. The SMILES string of the molecule is COc1cccc(-c2cc(C(=O)Nc3ccc(-c4ccc(OC5CCNCC5)cc4)c([N+](=O)[O-])c3)ccc2OC)c1. The molecule has 1 aliphatic heterocycles. The second-order valence-electron chi connectivity index (χ2n) is 9.68. The van der Waals surface area contributed by atoms with Crippen LogP contribution in [0.4, 0.5) is 11.4 Å².